The monoisotopic (exact) mass is 163 g/mol. The van der Waals surface area contributed by atoms with E-state index in [9.17, 15) is 4.57 Å². The molecule has 2 heteroatoms. The average Bonchev–Trinajstić information content (AvgIpc) is 1.63. The van der Waals surface area contributed by atoms with Gasteiger partial charge in [-0.2, -0.15) is 0 Å². The first-order valence-electron chi connectivity index (χ1n) is 3.64. The molecule has 10 heavy (non-hydrogen) atoms. The van der Waals surface area contributed by atoms with Crippen molar-refractivity contribution >= 4 is 7.80 Å². The van der Waals surface area contributed by atoms with E-state index in [4.69, 9.17) is 0 Å². The minimum Gasteiger partial charge on any atom is -0.0755 e. The van der Waals surface area contributed by atoms with Crippen molar-refractivity contribution in [3.63, 3.8) is 0 Å². The Morgan fingerprint density at radius 1 is 1.20 bits per heavy atom. The molecule has 0 rings (SSSR count). The third-order valence-corrected chi connectivity index (χ3v) is 1.06. The number of hydrogen-bond acceptors (Lipinski definition) is 1. The quantitative estimate of drug-likeness (QED) is 0.499. The van der Waals surface area contributed by atoms with Crippen molar-refractivity contribution in [2.24, 2.45) is 5.41 Å². The molecule has 62 valence electrons. The lowest BCUT2D eigenvalue weighted by Crippen LogP contribution is -2.00. The van der Waals surface area contributed by atoms with Gasteiger partial charge in [0.15, 0.2) is 0 Å². The average molecular weight is 163 g/mol. The molecular weight excluding hydrogens is 143 g/mol. The van der Waals surface area contributed by atoms with E-state index in [0.717, 1.165) is 0 Å². The first-order valence-corrected chi connectivity index (χ1v) is 5.79. The molecule has 0 unspecified atom stereocenters. The fourth-order valence-corrected chi connectivity index (χ4v) is 0. The van der Waals surface area contributed by atoms with Crippen LogP contribution in [0, 0.1) is 5.41 Å². The van der Waals surface area contributed by atoms with Crippen molar-refractivity contribution in [1.29, 1.82) is 0 Å². The molecular formula is C8H20OP+. The minimum absolute atomic E-state index is 0.542. The van der Waals surface area contributed by atoms with Crippen LogP contribution in [0.1, 0.15) is 34.1 Å². The van der Waals surface area contributed by atoms with E-state index in [1.54, 1.807) is 13.3 Å². The maximum atomic E-state index is 9.59. The molecule has 0 saturated heterocycles. The van der Waals surface area contributed by atoms with Crippen molar-refractivity contribution in [2.45, 2.75) is 34.1 Å². The zero-order chi connectivity index (χ0) is 8.78. The Labute approximate surface area is 66.0 Å². The molecule has 0 saturated carbocycles. The Bertz CT molecular complexity index is 87.9. The summed E-state index contributed by atoms with van der Waals surface area (Å²) in [5.74, 6) is 0. The molecule has 0 aliphatic rings. The van der Waals surface area contributed by atoms with Crippen LogP contribution in [0.15, 0.2) is 0 Å². The molecule has 0 aromatic carbocycles. The van der Waals surface area contributed by atoms with Crippen molar-refractivity contribution in [3.8, 4) is 0 Å². The second-order valence-corrected chi connectivity index (χ2v) is 5.35. The first-order chi connectivity index (χ1) is 4.29. The van der Waals surface area contributed by atoms with Gasteiger partial charge in [-0.05, 0) is 5.41 Å². The van der Waals surface area contributed by atoms with Crippen LogP contribution in [0.4, 0.5) is 0 Å². The van der Waals surface area contributed by atoms with E-state index in [1.165, 1.54) is 6.42 Å². The van der Waals surface area contributed by atoms with Crippen molar-refractivity contribution in [2.75, 3.05) is 13.3 Å². The van der Waals surface area contributed by atoms with Gasteiger partial charge in [0, 0.05) is 0 Å². The highest BCUT2D eigenvalue weighted by Gasteiger charge is 2.03. The topological polar surface area (TPSA) is 17.1 Å². The molecule has 0 aliphatic heterocycles. The molecule has 0 fully saturated rings. The second kappa shape index (κ2) is 5.85. The molecule has 0 radical (unpaired) electrons. The van der Waals surface area contributed by atoms with E-state index >= 15 is 0 Å². The van der Waals surface area contributed by atoms with E-state index in [0.29, 0.717) is 5.41 Å². The standard InChI is InChI=1S/C6H14.C2H6OP/c1-5-6(2,3)4;1-4(2)3/h5H2,1-4H3;1-2H3/q;+1. The predicted molar refractivity (Wildman–Crippen MR) is 49.2 cm³/mol. The Morgan fingerprint density at radius 2 is 1.30 bits per heavy atom. The highest BCUT2D eigenvalue weighted by Crippen LogP contribution is 2.16. The molecule has 0 heterocycles. The second-order valence-electron chi connectivity index (χ2n) is 3.73. The van der Waals surface area contributed by atoms with Crippen molar-refractivity contribution < 1.29 is 4.57 Å². The SMILES string of the molecule is CCC(C)(C)C.C[P+](C)=O. The maximum Gasteiger partial charge on any atom is 0.332 e. The van der Waals surface area contributed by atoms with E-state index in [1.807, 2.05) is 0 Å². The van der Waals surface area contributed by atoms with Gasteiger partial charge in [-0.3, -0.25) is 0 Å². The lowest BCUT2D eigenvalue weighted by Gasteiger charge is -2.12. The molecule has 0 aromatic rings. The summed E-state index contributed by atoms with van der Waals surface area (Å²) in [7, 11) is -0.870. The highest BCUT2D eigenvalue weighted by atomic mass is 31.1. The number of rotatable bonds is 0. The third kappa shape index (κ3) is 42.5. The fraction of sp³-hybridized carbons (Fsp3) is 1.00. The molecule has 0 bridgehead atoms. The van der Waals surface area contributed by atoms with Crippen LogP contribution in [0.2, 0.25) is 0 Å². The van der Waals surface area contributed by atoms with Crippen LogP contribution < -0.4 is 0 Å². The van der Waals surface area contributed by atoms with E-state index in [2.05, 4.69) is 27.7 Å². The van der Waals surface area contributed by atoms with Gasteiger partial charge in [0.2, 0.25) is 0 Å². The van der Waals surface area contributed by atoms with Crippen LogP contribution in [0.3, 0.4) is 0 Å². The van der Waals surface area contributed by atoms with Crippen LogP contribution >= 0.6 is 7.80 Å². The maximum absolute atomic E-state index is 9.59. The summed E-state index contributed by atoms with van der Waals surface area (Å²) in [5, 5.41) is 0. The van der Waals surface area contributed by atoms with Gasteiger partial charge in [0.05, 0.1) is 0 Å². The first kappa shape index (κ1) is 12.7. The van der Waals surface area contributed by atoms with Gasteiger partial charge in [-0.15, -0.1) is 0 Å². The van der Waals surface area contributed by atoms with Gasteiger partial charge >= 0.3 is 7.80 Å². The summed E-state index contributed by atoms with van der Waals surface area (Å²) in [4.78, 5) is 0. The van der Waals surface area contributed by atoms with Gasteiger partial charge in [0.1, 0.15) is 13.3 Å². The zero-order valence-corrected chi connectivity index (χ0v) is 8.96. The molecule has 0 aliphatic carbocycles. The zero-order valence-electron chi connectivity index (χ0n) is 8.06. The highest BCUT2D eigenvalue weighted by molar-refractivity contribution is 7.42. The predicted octanol–water partition coefficient (Wildman–Crippen LogP) is 3.52. The van der Waals surface area contributed by atoms with Gasteiger partial charge in [0.25, 0.3) is 0 Å². The Morgan fingerprint density at radius 3 is 1.30 bits per heavy atom. The van der Waals surface area contributed by atoms with Crippen LogP contribution in [-0.2, 0) is 4.57 Å². The summed E-state index contributed by atoms with van der Waals surface area (Å²) in [6.07, 6.45) is 1.27. The van der Waals surface area contributed by atoms with E-state index < -0.39 is 7.80 Å². The molecule has 0 N–H and O–H groups in total. The molecule has 1 nitrogen and oxygen atoms in total. The summed E-state index contributed by atoms with van der Waals surface area (Å²) < 4.78 is 9.59. The van der Waals surface area contributed by atoms with Gasteiger partial charge < -0.3 is 0 Å². The normalized spacial score (nSPS) is 9.80. The molecule has 0 amide bonds. The molecule has 0 aromatic heterocycles. The van der Waals surface area contributed by atoms with Gasteiger partial charge in [-0.1, -0.05) is 38.7 Å². The summed E-state index contributed by atoms with van der Waals surface area (Å²) in [5.41, 5.74) is 0.542. The van der Waals surface area contributed by atoms with Gasteiger partial charge in [-0.25, -0.2) is 0 Å². The molecule has 0 atom stereocenters. The lowest BCUT2D eigenvalue weighted by atomic mass is 9.94. The van der Waals surface area contributed by atoms with Crippen LogP contribution in [0.5, 0.6) is 0 Å². The smallest absolute Gasteiger partial charge is 0.0755 e. The number of hydrogen-bond donors (Lipinski definition) is 0. The summed E-state index contributed by atoms with van der Waals surface area (Å²) in [6, 6.07) is 0. The minimum atomic E-state index is -0.870. The Hall–Kier alpha value is 0.100. The Kier molecular flexibility index (Phi) is 7.46. The van der Waals surface area contributed by atoms with Crippen LogP contribution in [0.25, 0.3) is 0 Å². The summed E-state index contributed by atoms with van der Waals surface area (Å²) in [6.45, 7) is 12.3. The lowest BCUT2D eigenvalue weighted by molar-refractivity contribution is 0.398. The fourth-order valence-electron chi connectivity index (χ4n) is 0. The largest absolute Gasteiger partial charge is 0.332 e. The third-order valence-electron chi connectivity index (χ3n) is 1.06. The van der Waals surface area contributed by atoms with Crippen molar-refractivity contribution in [3.05, 3.63) is 0 Å². The molecule has 0 spiro atoms. The van der Waals surface area contributed by atoms with E-state index in [-0.39, 0.29) is 0 Å². The Balaban J connectivity index is 0. The van der Waals surface area contributed by atoms with Crippen molar-refractivity contribution in [1.82, 2.24) is 0 Å². The summed E-state index contributed by atoms with van der Waals surface area (Å²) >= 11 is 0. The van der Waals surface area contributed by atoms with Crippen LogP contribution in [-0.4, -0.2) is 13.3 Å².